The van der Waals surface area contributed by atoms with Crippen LogP contribution in [0.4, 0.5) is 0 Å². The van der Waals surface area contributed by atoms with Crippen molar-refractivity contribution in [3.05, 3.63) is 35.3 Å². The number of carbonyl (C=O) groups is 1. The van der Waals surface area contributed by atoms with Crippen LogP contribution < -0.4 is 5.32 Å². The first-order valence-electron chi connectivity index (χ1n) is 6.85. The van der Waals surface area contributed by atoms with E-state index >= 15 is 0 Å². The zero-order valence-electron chi connectivity index (χ0n) is 12.8. The molecule has 0 aliphatic carbocycles. The average Bonchev–Trinajstić information content (AvgIpc) is 2.82. The molecule has 6 nitrogen and oxygen atoms in total. The molecule has 0 fully saturated rings. The Labute approximate surface area is 124 Å². The largest absolute Gasteiger partial charge is 0.378 e. The minimum atomic E-state index is -0.127. The van der Waals surface area contributed by atoms with Gasteiger partial charge in [-0.1, -0.05) is 0 Å². The summed E-state index contributed by atoms with van der Waals surface area (Å²) in [6.07, 6.45) is 1.84. The summed E-state index contributed by atoms with van der Waals surface area (Å²) in [6.45, 7) is 4.69. The lowest BCUT2D eigenvalue weighted by Gasteiger charge is -2.10. The number of methoxy groups -OCH3 is 2. The van der Waals surface area contributed by atoms with Gasteiger partial charge in [-0.3, -0.25) is 4.79 Å². The molecule has 0 bridgehead atoms. The molecule has 0 aliphatic rings. The SMILES string of the molecule is COCc1cc(COC)n2ccc(C(=O)NC(C)C)c2n1. The molecule has 0 atom stereocenters. The third-order valence-electron chi connectivity index (χ3n) is 3.00. The number of hydrogen-bond acceptors (Lipinski definition) is 4. The van der Waals surface area contributed by atoms with E-state index in [-0.39, 0.29) is 11.9 Å². The summed E-state index contributed by atoms with van der Waals surface area (Å²) in [6, 6.07) is 3.77. The molecule has 114 valence electrons. The Morgan fingerprint density at radius 1 is 1.33 bits per heavy atom. The maximum atomic E-state index is 12.2. The molecule has 0 saturated carbocycles. The molecular weight excluding hydrogens is 270 g/mol. The summed E-state index contributed by atoms with van der Waals surface area (Å²) in [5.74, 6) is -0.127. The predicted octanol–water partition coefficient (Wildman–Crippen LogP) is 1.77. The predicted molar refractivity (Wildman–Crippen MR) is 79.2 cm³/mol. The van der Waals surface area contributed by atoms with Crippen LogP contribution in [0.5, 0.6) is 0 Å². The molecule has 21 heavy (non-hydrogen) atoms. The Bertz CT molecular complexity index is 634. The number of fused-ring (bicyclic) bond motifs is 1. The Balaban J connectivity index is 2.51. The summed E-state index contributed by atoms with van der Waals surface area (Å²) in [5, 5.41) is 2.89. The number of hydrogen-bond donors (Lipinski definition) is 1. The zero-order valence-corrected chi connectivity index (χ0v) is 12.8. The van der Waals surface area contributed by atoms with Gasteiger partial charge in [0, 0.05) is 26.5 Å². The lowest BCUT2D eigenvalue weighted by Crippen LogP contribution is -2.30. The fourth-order valence-electron chi connectivity index (χ4n) is 2.20. The number of ether oxygens (including phenoxy) is 2. The number of nitrogens with zero attached hydrogens (tertiary/aromatic N) is 2. The second-order valence-corrected chi connectivity index (χ2v) is 5.16. The van der Waals surface area contributed by atoms with Crippen LogP contribution in [-0.4, -0.2) is 35.6 Å². The van der Waals surface area contributed by atoms with E-state index < -0.39 is 0 Å². The summed E-state index contributed by atoms with van der Waals surface area (Å²) in [7, 11) is 3.25. The van der Waals surface area contributed by atoms with Crippen LogP contribution in [0.2, 0.25) is 0 Å². The van der Waals surface area contributed by atoms with Gasteiger partial charge in [0.1, 0.15) is 5.65 Å². The van der Waals surface area contributed by atoms with E-state index in [1.54, 1.807) is 20.3 Å². The number of nitrogens with one attached hydrogen (secondary N) is 1. The highest BCUT2D eigenvalue weighted by atomic mass is 16.5. The fraction of sp³-hybridized carbons (Fsp3) is 0.467. The first kappa shape index (κ1) is 15.5. The maximum Gasteiger partial charge on any atom is 0.255 e. The second-order valence-electron chi connectivity index (χ2n) is 5.16. The van der Waals surface area contributed by atoms with Crippen molar-refractivity contribution in [2.24, 2.45) is 0 Å². The number of aromatic nitrogens is 2. The summed E-state index contributed by atoms with van der Waals surface area (Å²) < 4.78 is 12.2. The molecule has 1 amide bonds. The molecular formula is C15H21N3O3. The van der Waals surface area contributed by atoms with Crippen molar-refractivity contribution in [1.29, 1.82) is 0 Å². The van der Waals surface area contributed by atoms with E-state index in [2.05, 4.69) is 10.3 Å². The lowest BCUT2D eigenvalue weighted by atomic mass is 10.2. The van der Waals surface area contributed by atoms with Gasteiger partial charge in [0.05, 0.1) is 30.2 Å². The molecule has 2 rings (SSSR count). The Kier molecular flexibility index (Phi) is 4.93. The van der Waals surface area contributed by atoms with Gasteiger partial charge in [-0.15, -0.1) is 0 Å². The van der Waals surface area contributed by atoms with E-state index in [4.69, 9.17) is 9.47 Å². The van der Waals surface area contributed by atoms with Crippen molar-refractivity contribution in [3.8, 4) is 0 Å². The van der Waals surface area contributed by atoms with Gasteiger partial charge in [0.2, 0.25) is 0 Å². The molecule has 2 aromatic rings. The standard InChI is InChI=1S/C15H21N3O3/c1-10(2)16-15(19)13-5-6-18-12(9-21-4)7-11(8-20-3)17-14(13)18/h5-7,10H,8-9H2,1-4H3,(H,16,19). The lowest BCUT2D eigenvalue weighted by molar-refractivity contribution is 0.0944. The third-order valence-corrected chi connectivity index (χ3v) is 3.00. The van der Waals surface area contributed by atoms with Crippen molar-refractivity contribution in [2.75, 3.05) is 14.2 Å². The van der Waals surface area contributed by atoms with Crippen LogP contribution in [0.15, 0.2) is 18.3 Å². The van der Waals surface area contributed by atoms with Crippen molar-refractivity contribution in [1.82, 2.24) is 14.7 Å². The number of rotatable bonds is 6. The highest BCUT2D eigenvalue weighted by Gasteiger charge is 2.16. The molecule has 1 N–H and O–H groups in total. The molecule has 0 aliphatic heterocycles. The first-order chi connectivity index (χ1) is 10.1. The molecule has 2 heterocycles. The van der Waals surface area contributed by atoms with Gasteiger partial charge in [-0.05, 0) is 26.0 Å². The molecule has 0 saturated heterocycles. The zero-order chi connectivity index (χ0) is 15.4. The van der Waals surface area contributed by atoms with Crippen LogP contribution in [0.1, 0.15) is 35.6 Å². The average molecular weight is 291 g/mol. The quantitative estimate of drug-likeness (QED) is 0.881. The van der Waals surface area contributed by atoms with Gasteiger partial charge in [0.15, 0.2) is 0 Å². The smallest absolute Gasteiger partial charge is 0.255 e. The van der Waals surface area contributed by atoms with Gasteiger partial charge in [-0.2, -0.15) is 0 Å². The number of amides is 1. The molecule has 0 spiro atoms. The number of carbonyl (C=O) groups excluding carboxylic acids is 1. The van der Waals surface area contributed by atoms with E-state index in [1.165, 1.54) is 0 Å². The van der Waals surface area contributed by atoms with Gasteiger partial charge >= 0.3 is 0 Å². The minimum absolute atomic E-state index is 0.0769. The third kappa shape index (κ3) is 3.40. The van der Waals surface area contributed by atoms with Crippen LogP contribution >= 0.6 is 0 Å². The van der Waals surface area contributed by atoms with Crippen LogP contribution in [0.25, 0.3) is 5.65 Å². The van der Waals surface area contributed by atoms with Crippen LogP contribution in [-0.2, 0) is 22.7 Å². The van der Waals surface area contributed by atoms with Crippen molar-refractivity contribution >= 4 is 11.6 Å². The highest BCUT2D eigenvalue weighted by Crippen LogP contribution is 2.16. The van der Waals surface area contributed by atoms with E-state index in [1.807, 2.05) is 30.5 Å². The molecule has 0 unspecified atom stereocenters. The summed E-state index contributed by atoms with van der Waals surface area (Å²) in [4.78, 5) is 16.8. The first-order valence-corrected chi connectivity index (χ1v) is 6.85. The van der Waals surface area contributed by atoms with Gasteiger partial charge in [-0.25, -0.2) is 4.98 Å². The molecule has 2 aromatic heterocycles. The fourth-order valence-corrected chi connectivity index (χ4v) is 2.20. The summed E-state index contributed by atoms with van der Waals surface area (Å²) >= 11 is 0. The highest BCUT2D eigenvalue weighted by molar-refractivity contribution is 6.00. The van der Waals surface area contributed by atoms with Gasteiger partial charge in [0.25, 0.3) is 5.91 Å². The van der Waals surface area contributed by atoms with Crippen LogP contribution in [0, 0.1) is 0 Å². The Morgan fingerprint density at radius 2 is 2.05 bits per heavy atom. The van der Waals surface area contributed by atoms with Crippen molar-refractivity contribution in [2.45, 2.75) is 33.1 Å². The van der Waals surface area contributed by atoms with E-state index in [0.717, 1.165) is 11.4 Å². The monoisotopic (exact) mass is 291 g/mol. The molecule has 0 aromatic carbocycles. The van der Waals surface area contributed by atoms with Crippen LogP contribution in [0.3, 0.4) is 0 Å². The summed E-state index contributed by atoms with van der Waals surface area (Å²) in [5.41, 5.74) is 2.88. The Hall–Kier alpha value is -1.92. The van der Waals surface area contributed by atoms with Crippen molar-refractivity contribution < 1.29 is 14.3 Å². The minimum Gasteiger partial charge on any atom is -0.378 e. The topological polar surface area (TPSA) is 64.9 Å². The van der Waals surface area contributed by atoms with Crippen molar-refractivity contribution in [3.63, 3.8) is 0 Å². The second kappa shape index (κ2) is 6.69. The van der Waals surface area contributed by atoms with E-state index in [0.29, 0.717) is 24.4 Å². The Morgan fingerprint density at radius 3 is 2.67 bits per heavy atom. The van der Waals surface area contributed by atoms with Gasteiger partial charge < -0.3 is 19.2 Å². The molecule has 6 heteroatoms. The van der Waals surface area contributed by atoms with E-state index in [9.17, 15) is 4.79 Å². The normalized spacial score (nSPS) is 11.3. The maximum absolute atomic E-state index is 12.2. The molecule has 0 radical (unpaired) electrons.